The second kappa shape index (κ2) is 6.20. The average Bonchev–Trinajstić information content (AvgIpc) is 2.76. The largest absolute Gasteiger partial charge is 0.303 e. The maximum absolute atomic E-state index is 5.93. The molecule has 2 aromatic heterocycles. The van der Waals surface area contributed by atoms with Crippen LogP contribution in [0.3, 0.4) is 0 Å². The molecule has 112 valence electrons. The minimum absolute atomic E-state index is 0.676. The van der Waals surface area contributed by atoms with E-state index in [2.05, 4.69) is 34.4 Å². The van der Waals surface area contributed by atoms with Gasteiger partial charge in [0.25, 0.3) is 0 Å². The number of aryl methyl sites for hydroxylation is 1. The van der Waals surface area contributed by atoms with Gasteiger partial charge in [-0.15, -0.1) is 0 Å². The second-order valence-electron chi connectivity index (χ2n) is 5.90. The monoisotopic (exact) mass is 303 g/mol. The van der Waals surface area contributed by atoms with Crippen molar-refractivity contribution in [3.05, 3.63) is 46.4 Å². The summed E-state index contributed by atoms with van der Waals surface area (Å²) in [4.78, 5) is 7.01. The van der Waals surface area contributed by atoms with Gasteiger partial charge in [-0.25, -0.2) is 4.98 Å². The molecule has 0 N–H and O–H groups in total. The van der Waals surface area contributed by atoms with Gasteiger partial charge in [-0.1, -0.05) is 18.0 Å². The topological polar surface area (TPSA) is 21.1 Å². The van der Waals surface area contributed by atoms with E-state index in [0.717, 1.165) is 12.4 Å². The van der Waals surface area contributed by atoms with Gasteiger partial charge < -0.3 is 4.57 Å². The van der Waals surface area contributed by atoms with Crippen molar-refractivity contribution in [3.63, 3.8) is 0 Å². The molecule has 1 aliphatic heterocycles. The van der Waals surface area contributed by atoms with E-state index in [9.17, 15) is 0 Å². The van der Waals surface area contributed by atoms with Gasteiger partial charge in [0.2, 0.25) is 0 Å². The first-order valence-corrected chi connectivity index (χ1v) is 8.05. The summed E-state index contributed by atoms with van der Waals surface area (Å²) in [5, 5.41) is 0.676. The molecule has 1 saturated heterocycles. The third-order valence-corrected chi connectivity index (χ3v) is 4.54. The minimum Gasteiger partial charge on any atom is -0.303 e. The molecule has 3 heterocycles. The highest BCUT2D eigenvalue weighted by Crippen LogP contribution is 2.23. The molecule has 0 amide bonds. The van der Waals surface area contributed by atoms with Gasteiger partial charge in [0.15, 0.2) is 0 Å². The standard InChI is InChI=1S/C17H22ClN3/c1-13-10-15(12-20-8-4-3-5-9-20)14(2)21(13)17-7-6-16(18)11-19-17/h6-7,10-11H,3-5,8-9,12H2,1-2H3. The summed E-state index contributed by atoms with van der Waals surface area (Å²) in [6.07, 6.45) is 5.75. The lowest BCUT2D eigenvalue weighted by Gasteiger charge is -2.26. The fourth-order valence-corrected chi connectivity index (χ4v) is 3.31. The highest BCUT2D eigenvalue weighted by molar-refractivity contribution is 6.30. The molecular formula is C17H22ClN3. The third kappa shape index (κ3) is 3.14. The smallest absolute Gasteiger partial charge is 0.137 e. The van der Waals surface area contributed by atoms with E-state index in [1.54, 1.807) is 6.20 Å². The summed E-state index contributed by atoms with van der Waals surface area (Å²) in [7, 11) is 0. The van der Waals surface area contributed by atoms with Crippen molar-refractivity contribution in [3.8, 4) is 5.82 Å². The first-order valence-electron chi connectivity index (χ1n) is 7.67. The van der Waals surface area contributed by atoms with Crippen molar-refractivity contribution < 1.29 is 0 Å². The lowest BCUT2D eigenvalue weighted by atomic mass is 10.1. The lowest BCUT2D eigenvalue weighted by Crippen LogP contribution is -2.29. The molecule has 0 saturated carbocycles. The van der Waals surface area contributed by atoms with Crippen LogP contribution in [0.5, 0.6) is 0 Å². The zero-order valence-electron chi connectivity index (χ0n) is 12.8. The first-order chi connectivity index (χ1) is 10.1. The highest BCUT2D eigenvalue weighted by Gasteiger charge is 2.16. The molecule has 0 aliphatic carbocycles. The molecule has 0 spiro atoms. The molecule has 0 bridgehead atoms. The summed E-state index contributed by atoms with van der Waals surface area (Å²) in [6.45, 7) is 7.82. The Bertz CT molecular complexity index is 610. The normalized spacial score (nSPS) is 16.3. The van der Waals surface area contributed by atoms with E-state index in [1.807, 2.05) is 12.1 Å². The molecule has 0 radical (unpaired) electrons. The summed E-state index contributed by atoms with van der Waals surface area (Å²) >= 11 is 5.93. The van der Waals surface area contributed by atoms with Crippen LogP contribution in [0, 0.1) is 13.8 Å². The quantitative estimate of drug-likeness (QED) is 0.850. The van der Waals surface area contributed by atoms with Crippen LogP contribution in [0.25, 0.3) is 5.82 Å². The molecule has 21 heavy (non-hydrogen) atoms. The lowest BCUT2D eigenvalue weighted by molar-refractivity contribution is 0.220. The Morgan fingerprint density at radius 2 is 1.90 bits per heavy atom. The van der Waals surface area contributed by atoms with Crippen LogP contribution in [-0.2, 0) is 6.54 Å². The Morgan fingerprint density at radius 3 is 2.57 bits per heavy atom. The van der Waals surface area contributed by atoms with Crippen LogP contribution in [0.1, 0.15) is 36.2 Å². The van der Waals surface area contributed by atoms with Gasteiger partial charge in [-0.3, -0.25) is 4.90 Å². The third-order valence-electron chi connectivity index (χ3n) is 4.32. The van der Waals surface area contributed by atoms with E-state index in [1.165, 1.54) is 49.3 Å². The van der Waals surface area contributed by atoms with Crippen molar-refractivity contribution in [2.75, 3.05) is 13.1 Å². The van der Waals surface area contributed by atoms with Crippen LogP contribution in [0.15, 0.2) is 24.4 Å². The van der Waals surface area contributed by atoms with E-state index >= 15 is 0 Å². The summed E-state index contributed by atoms with van der Waals surface area (Å²) in [5.41, 5.74) is 3.92. The molecule has 0 unspecified atom stereocenters. The number of hydrogen-bond donors (Lipinski definition) is 0. The van der Waals surface area contributed by atoms with E-state index < -0.39 is 0 Å². The first kappa shape index (κ1) is 14.6. The van der Waals surface area contributed by atoms with Crippen molar-refractivity contribution in [2.45, 2.75) is 39.7 Å². The zero-order chi connectivity index (χ0) is 14.8. The van der Waals surface area contributed by atoms with Gasteiger partial charge in [0.05, 0.1) is 5.02 Å². The van der Waals surface area contributed by atoms with E-state index in [-0.39, 0.29) is 0 Å². The molecule has 1 aliphatic rings. The summed E-state index contributed by atoms with van der Waals surface area (Å²) < 4.78 is 2.22. The average molecular weight is 304 g/mol. The number of likely N-dealkylation sites (tertiary alicyclic amines) is 1. The molecule has 3 rings (SSSR count). The Morgan fingerprint density at radius 1 is 1.14 bits per heavy atom. The van der Waals surface area contributed by atoms with Crippen molar-refractivity contribution in [1.29, 1.82) is 0 Å². The molecule has 3 nitrogen and oxygen atoms in total. The predicted molar refractivity (Wildman–Crippen MR) is 87.2 cm³/mol. The summed E-state index contributed by atoms with van der Waals surface area (Å²) in [6, 6.07) is 6.17. The molecular weight excluding hydrogens is 282 g/mol. The number of halogens is 1. The van der Waals surface area contributed by atoms with Crippen LogP contribution in [0.2, 0.25) is 5.02 Å². The van der Waals surface area contributed by atoms with Gasteiger partial charge in [-0.05, 0) is 63.5 Å². The van der Waals surface area contributed by atoms with Gasteiger partial charge >= 0.3 is 0 Å². The minimum atomic E-state index is 0.676. The van der Waals surface area contributed by atoms with Gasteiger partial charge in [0, 0.05) is 24.1 Å². The zero-order valence-corrected chi connectivity index (χ0v) is 13.5. The van der Waals surface area contributed by atoms with Gasteiger partial charge in [0.1, 0.15) is 5.82 Å². The Labute approximate surface area is 131 Å². The number of nitrogens with zero attached hydrogens (tertiary/aromatic N) is 3. The number of hydrogen-bond acceptors (Lipinski definition) is 2. The Kier molecular flexibility index (Phi) is 4.32. The van der Waals surface area contributed by atoms with Crippen LogP contribution >= 0.6 is 11.6 Å². The number of piperidine rings is 1. The Hall–Kier alpha value is -1.32. The SMILES string of the molecule is Cc1cc(CN2CCCCC2)c(C)n1-c1ccc(Cl)cn1. The number of rotatable bonds is 3. The maximum atomic E-state index is 5.93. The predicted octanol–water partition coefficient (Wildman–Crippen LogP) is 4.13. The fraction of sp³-hybridized carbons (Fsp3) is 0.471. The maximum Gasteiger partial charge on any atom is 0.137 e. The number of aromatic nitrogens is 2. The fourth-order valence-electron chi connectivity index (χ4n) is 3.20. The number of pyridine rings is 1. The molecule has 4 heteroatoms. The van der Waals surface area contributed by atoms with Gasteiger partial charge in [-0.2, -0.15) is 0 Å². The van der Waals surface area contributed by atoms with Crippen molar-refractivity contribution in [2.24, 2.45) is 0 Å². The van der Waals surface area contributed by atoms with E-state index in [0.29, 0.717) is 5.02 Å². The van der Waals surface area contributed by atoms with Crippen molar-refractivity contribution >= 4 is 11.6 Å². The Balaban J connectivity index is 1.87. The highest BCUT2D eigenvalue weighted by atomic mass is 35.5. The molecule has 0 atom stereocenters. The molecule has 2 aromatic rings. The van der Waals surface area contributed by atoms with Crippen LogP contribution < -0.4 is 0 Å². The summed E-state index contributed by atoms with van der Waals surface area (Å²) in [5.74, 6) is 0.944. The van der Waals surface area contributed by atoms with E-state index in [4.69, 9.17) is 11.6 Å². The van der Waals surface area contributed by atoms with Crippen LogP contribution in [0.4, 0.5) is 0 Å². The van der Waals surface area contributed by atoms with Crippen molar-refractivity contribution in [1.82, 2.24) is 14.5 Å². The molecule has 0 aromatic carbocycles. The molecule has 1 fully saturated rings. The second-order valence-corrected chi connectivity index (χ2v) is 6.34. The van der Waals surface area contributed by atoms with Crippen LogP contribution in [-0.4, -0.2) is 27.5 Å².